The highest BCUT2D eigenvalue weighted by Gasteiger charge is 2.08. The predicted molar refractivity (Wildman–Crippen MR) is 94.3 cm³/mol. The number of carbonyl (C=O) groups is 1. The molecule has 23 heavy (non-hydrogen) atoms. The molecular weight excluding hydrogens is 312 g/mol. The lowest BCUT2D eigenvalue weighted by molar-refractivity contribution is 0.0977. The summed E-state index contributed by atoms with van der Waals surface area (Å²) in [5.74, 6) is 1.14. The molecule has 0 spiro atoms. The van der Waals surface area contributed by atoms with Crippen molar-refractivity contribution in [2.24, 2.45) is 0 Å². The van der Waals surface area contributed by atoms with Gasteiger partial charge in [-0.2, -0.15) is 0 Å². The van der Waals surface area contributed by atoms with Crippen LogP contribution in [0, 0.1) is 0 Å². The van der Waals surface area contributed by atoms with Gasteiger partial charge >= 0.3 is 0 Å². The first-order chi connectivity index (χ1) is 11.1. The van der Waals surface area contributed by atoms with E-state index in [-0.39, 0.29) is 11.0 Å². The van der Waals surface area contributed by atoms with E-state index in [4.69, 9.17) is 21.7 Å². The van der Waals surface area contributed by atoms with Crippen molar-refractivity contribution in [1.29, 1.82) is 0 Å². The second-order valence-corrected chi connectivity index (χ2v) is 5.01. The third-order valence-corrected chi connectivity index (χ3v) is 3.19. The van der Waals surface area contributed by atoms with Crippen LogP contribution in [-0.4, -0.2) is 24.7 Å². The average molecular weight is 330 g/mol. The van der Waals surface area contributed by atoms with E-state index in [1.54, 1.807) is 37.4 Å². The van der Waals surface area contributed by atoms with Crippen molar-refractivity contribution >= 4 is 28.9 Å². The van der Waals surface area contributed by atoms with Crippen LogP contribution in [0.4, 0.5) is 5.69 Å². The summed E-state index contributed by atoms with van der Waals surface area (Å²) in [7, 11) is 1.59. The van der Waals surface area contributed by atoms with Crippen LogP contribution in [0.15, 0.2) is 48.5 Å². The molecule has 0 aliphatic rings. The Balaban J connectivity index is 1.94. The van der Waals surface area contributed by atoms with Gasteiger partial charge in [-0.3, -0.25) is 10.1 Å². The second-order valence-electron chi connectivity index (χ2n) is 4.60. The molecular formula is C17H18N2O3S. The largest absolute Gasteiger partial charge is 0.497 e. The third kappa shape index (κ3) is 4.96. The van der Waals surface area contributed by atoms with Crippen molar-refractivity contribution in [3.05, 3.63) is 54.1 Å². The zero-order valence-corrected chi connectivity index (χ0v) is 13.8. The van der Waals surface area contributed by atoms with Gasteiger partial charge in [0.05, 0.1) is 13.7 Å². The van der Waals surface area contributed by atoms with E-state index in [0.717, 1.165) is 11.4 Å². The maximum Gasteiger partial charge on any atom is 0.257 e. The molecule has 0 aliphatic carbocycles. The molecule has 6 heteroatoms. The number of hydrogen-bond acceptors (Lipinski definition) is 4. The number of hydrogen-bond donors (Lipinski definition) is 2. The summed E-state index contributed by atoms with van der Waals surface area (Å²) in [4.78, 5) is 12.1. The molecule has 1 amide bonds. The molecule has 0 aliphatic heterocycles. The van der Waals surface area contributed by atoms with Gasteiger partial charge in [0.25, 0.3) is 5.91 Å². The minimum atomic E-state index is -0.284. The molecule has 0 atom stereocenters. The number of rotatable bonds is 5. The van der Waals surface area contributed by atoms with Crippen LogP contribution in [0.2, 0.25) is 0 Å². The molecule has 0 bridgehead atoms. The highest BCUT2D eigenvalue weighted by molar-refractivity contribution is 7.80. The van der Waals surface area contributed by atoms with Gasteiger partial charge in [-0.1, -0.05) is 6.07 Å². The molecule has 0 saturated carbocycles. The van der Waals surface area contributed by atoms with E-state index in [0.29, 0.717) is 17.9 Å². The maximum atomic E-state index is 12.1. The molecule has 120 valence electrons. The summed E-state index contributed by atoms with van der Waals surface area (Å²) < 4.78 is 10.5. The third-order valence-electron chi connectivity index (χ3n) is 2.98. The highest BCUT2D eigenvalue weighted by Crippen LogP contribution is 2.16. The van der Waals surface area contributed by atoms with E-state index in [9.17, 15) is 4.79 Å². The van der Waals surface area contributed by atoms with Gasteiger partial charge in [-0.25, -0.2) is 0 Å². The number of ether oxygens (including phenoxy) is 2. The summed E-state index contributed by atoms with van der Waals surface area (Å²) >= 11 is 5.15. The van der Waals surface area contributed by atoms with Gasteiger partial charge in [-0.05, 0) is 55.5 Å². The first kappa shape index (κ1) is 16.8. The van der Waals surface area contributed by atoms with Crippen LogP contribution >= 0.6 is 12.2 Å². The number of benzene rings is 2. The minimum absolute atomic E-state index is 0.220. The van der Waals surface area contributed by atoms with Gasteiger partial charge in [-0.15, -0.1) is 0 Å². The number of amides is 1. The van der Waals surface area contributed by atoms with Crippen molar-refractivity contribution in [1.82, 2.24) is 5.32 Å². The van der Waals surface area contributed by atoms with Crippen LogP contribution in [0.3, 0.4) is 0 Å². The number of methoxy groups -OCH3 is 1. The summed E-state index contributed by atoms with van der Waals surface area (Å²) in [6.07, 6.45) is 0. The van der Waals surface area contributed by atoms with Crippen molar-refractivity contribution in [3.63, 3.8) is 0 Å². The van der Waals surface area contributed by atoms with E-state index in [1.165, 1.54) is 0 Å². The van der Waals surface area contributed by atoms with Gasteiger partial charge in [0.2, 0.25) is 0 Å². The van der Waals surface area contributed by atoms with Crippen LogP contribution < -0.4 is 20.1 Å². The number of nitrogens with one attached hydrogen (secondary N) is 2. The van der Waals surface area contributed by atoms with Gasteiger partial charge in [0.1, 0.15) is 11.5 Å². The Labute approximate surface area is 140 Å². The summed E-state index contributed by atoms with van der Waals surface area (Å²) in [6.45, 7) is 2.49. The minimum Gasteiger partial charge on any atom is -0.497 e. The fourth-order valence-corrected chi connectivity index (χ4v) is 2.12. The number of anilines is 1. The van der Waals surface area contributed by atoms with Crippen LogP contribution in [0.1, 0.15) is 17.3 Å². The Hall–Kier alpha value is -2.60. The highest BCUT2D eigenvalue weighted by atomic mass is 32.1. The van der Waals surface area contributed by atoms with Crippen molar-refractivity contribution in [3.8, 4) is 11.5 Å². The fraction of sp³-hybridized carbons (Fsp3) is 0.176. The molecule has 0 aromatic heterocycles. The topological polar surface area (TPSA) is 59.6 Å². The molecule has 0 saturated heterocycles. The Morgan fingerprint density at radius 1 is 1.13 bits per heavy atom. The lowest BCUT2D eigenvalue weighted by atomic mass is 10.2. The lowest BCUT2D eigenvalue weighted by Gasteiger charge is -2.11. The molecule has 0 radical (unpaired) electrons. The maximum absolute atomic E-state index is 12.1. The Morgan fingerprint density at radius 3 is 2.52 bits per heavy atom. The summed E-state index contributed by atoms with van der Waals surface area (Å²) in [5.41, 5.74) is 1.24. The Kier molecular flexibility index (Phi) is 5.94. The molecule has 2 N–H and O–H groups in total. The summed E-state index contributed by atoms with van der Waals surface area (Å²) in [5, 5.41) is 5.80. The molecule has 5 nitrogen and oxygen atoms in total. The van der Waals surface area contributed by atoms with E-state index in [1.807, 2.05) is 25.1 Å². The van der Waals surface area contributed by atoms with Crippen molar-refractivity contribution < 1.29 is 14.3 Å². The summed E-state index contributed by atoms with van der Waals surface area (Å²) in [6, 6.07) is 14.1. The first-order valence-corrected chi connectivity index (χ1v) is 7.52. The number of thiocarbonyl (C=S) groups is 1. The zero-order valence-electron chi connectivity index (χ0n) is 13.0. The normalized spacial score (nSPS) is 9.83. The molecule has 0 unspecified atom stereocenters. The van der Waals surface area contributed by atoms with E-state index < -0.39 is 0 Å². The molecule has 2 aromatic rings. The fourth-order valence-electron chi connectivity index (χ4n) is 1.91. The predicted octanol–water partition coefficient (Wildman–Crippen LogP) is 3.22. The quantitative estimate of drug-likeness (QED) is 0.824. The van der Waals surface area contributed by atoms with E-state index in [2.05, 4.69) is 10.6 Å². The Morgan fingerprint density at radius 2 is 1.87 bits per heavy atom. The van der Waals surface area contributed by atoms with Crippen molar-refractivity contribution in [2.45, 2.75) is 6.92 Å². The first-order valence-electron chi connectivity index (χ1n) is 7.11. The molecule has 0 fully saturated rings. The monoisotopic (exact) mass is 330 g/mol. The van der Waals surface area contributed by atoms with Gasteiger partial charge in [0, 0.05) is 17.3 Å². The van der Waals surface area contributed by atoms with Crippen LogP contribution in [0.5, 0.6) is 11.5 Å². The van der Waals surface area contributed by atoms with Crippen molar-refractivity contribution in [2.75, 3.05) is 19.0 Å². The standard InChI is InChI=1S/C17H18N2O3S/c1-3-22-14-9-7-12(8-10-14)16(20)19-17(23)18-13-5-4-6-15(11-13)21-2/h4-11H,3H2,1-2H3,(H2,18,19,20,23). The SMILES string of the molecule is CCOc1ccc(C(=O)NC(=S)Nc2cccc(OC)c2)cc1. The molecule has 0 heterocycles. The molecule has 2 aromatic carbocycles. The Bertz CT molecular complexity index is 686. The van der Waals surface area contributed by atoms with Crippen LogP contribution in [0.25, 0.3) is 0 Å². The number of carbonyl (C=O) groups excluding carboxylic acids is 1. The molecule has 2 rings (SSSR count). The van der Waals surface area contributed by atoms with Gasteiger partial charge < -0.3 is 14.8 Å². The smallest absolute Gasteiger partial charge is 0.257 e. The second kappa shape index (κ2) is 8.14. The zero-order chi connectivity index (χ0) is 16.7. The lowest BCUT2D eigenvalue weighted by Crippen LogP contribution is -2.34. The average Bonchev–Trinajstić information content (AvgIpc) is 2.55. The van der Waals surface area contributed by atoms with Crippen LogP contribution in [-0.2, 0) is 0 Å². The van der Waals surface area contributed by atoms with E-state index >= 15 is 0 Å². The van der Waals surface area contributed by atoms with Gasteiger partial charge in [0.15, 0.2) is 5.11 Å².